The molecule has 0 aliphatic rings. The summed E-state index contributed by atoms with van der Waals surface area (Å²) in [4.78, 5) is 25.5. The number of hydrogen-bond donors (Lipinski definition) is 1. The van der Waals surface area contributed by atoms with Gasteiger partial charge in [-0.1, -0.05) is 41.4 Å². The highest BCUT2D eigenvalue weighted by Gasteiger charge is 2.22. The van der Waals surface area contributed by atoms with Crippen molar-refractivity contribution in [3.8, 4) is 11.5 Å². The molecule has 144 valence electrons. The first-order chi connectivity index (χ1) is 12.7. The number of aryl methyl sites for hydroxylation is 1. The summed E-state index contributed by atoms with van der Waals surface area (Å²) in [6.07, 6.45) is 0. The van der Waals surface area contributed by atoms with E-state index in [2.05, 4.69) is 0 Å². The van der Waals surface area contributed by atoms with E-state index in [-0.39, 0.29) is 35.1 Å². The van der Waals surface area contributed by atoms with Gasteiger partial charge in [-0.05, 0) is 31.5 Å². The zero-order valence-electron chi connectivity index (χ0n) is 15.8. The monoisotopic (exact) mass is 390 g/mol. The summed E-state index contributed by atoms with van der Waals surface area (Å²) in [5.74, 6) is -0.433. The van der Waals surface area contributed by atoms with Crippen LogP contribution in [0.4, 0.5) is 0 Å². The minimum Gasteiger partial charge on any atom is -0.493 e. The topological polar surface area (TPSA) is 81.9 Å². The molecule has 0 bridgehead atoms. The molecule has 7 heteroatoms. The quantitative estimate of drug-likeness (QED) is 0.785. The summed E-state index contributed by atoms with van der Waals surface area (Å²) in [5, 5.41) is 0.162. The van der Waals surface area contributed by atoms with Crippen LogP contribution in [0.5, 0.6) is 11.5 Å². The van der Waals surface area contributed by atoms with Gasteiger partial charge in [0.15, 0.2) is 18.1 Å². The Bertz CT molecular complexity index is 837. The summed E-state index contributed by atoms with van der Waals surface area (Å²) in [6.45, 7) is 3.62. The molecule has 0 radical (unpaired) electrons. The molecule has 2 aromatic rings. The maximum Gasteiger partial charge on any atom is 0.255 e. The van der Waals surface area contributed by atoms with Gasteiger partial charge in [-0.15, -0.1) is 0 Å². The van der Waals surface area contributed by atoms with E-state index in [1.54, 1.807) is 11.9 Å². The smallest absolute Gasteiger partial charge is 0.255 e. The van der Waals surface area contributed by atoms with Crippen LogP contribution in [0.3, 0.4) is 0 Å². The van der Waals surface area contributed by atoms with E-state index in [1.165, 1.54) is 19.2 Å². The third-order valence-electron chi connectivity index (χ3n) is 4.30. The molecule has 0 spiro atoms. The third kappa shape index (κ3) is 4.92. The number of amides is 2. The highest BCUT2D eigenvalue weighted by molar-refractivity contribution is 6.32. The average molecular weight is 391 g/mol. The summed E-state index contributed by atoms with van der Waals surface area (Å²) < 4.78 is 10.5. The van der Waals surface area contributed by atoms with Gasteiger partial charge >= 0.3 is 0 Å². The molecule has 2 aromatic carbocycles. The maximum absolute atomic E-state index is 12.9. The number of rotatable bonds is 7. The normalized spacial score (nSPS) is 11.6. The van der Waals surface area contributed by atoms with E-state index in [0.29, 0.717) is 5.56 Å². The molecule has 0 fully saturated rings. The number of nitrogens with zero attached hydrogens (tertiary/aromatic N) is 1. The lowest BCUT2D eigenvalue weighted by atomic mass is 10.0. The number of carbonyl (C=O) groups is 2. The molecule has 0 aromatic heterocycles. The second-order valence-corrected chi connectivity index (χ2v) is 6.65. The van der Waals surface area contributed by atoms with Gasteiger partial charge in [-0.3, -0.25) is 9.59 Å². The van der Waals surface area contributed by atoms with Gasteiger partial charge in [-0.2, -0.15) is 0 Å². The van der Waals surface area contributed by atoms with Gasteiger partial charge in [-0.25, -0.2) is 0 Å². The lowest BCUT2D eigenvalue weighted by Crippen LogP contribution is -2.29. The molecule has 2 amide bonds. The molecular weight excluding hydrogens is 368 g/mol. The fourth-order valence-electron chi connectivity index (χ4n) is 2.57. The van der Waals surface area contributed by atoms with Crippen LogP contribution in [0.2, 0.25) is 5.02 Å². The predicted molar refractivity (Wildman–Crippen MR) is 104 cm³/mol. The van der Waals surface area contributed by atoms with Crippen LogP contribution in [0.25, 0.3) is 0 Å². The standard InChI is InChI=1S/C20H23ClN2O4/c1-12-5-7-14(8-6-12)13(2)23(3)20(25)15-9-16(21)19(17(10-15)26-4)27-11-18(22)24/h5-10,13H,11H2,1-4H3,(H2,22,24). The van der Waals surface area contributed by atoms with E-state index in [1.807, 2.05) is 38.1 Å². The first-order valence-electron chi connectivity index (χ1n) is 8.37. The lowest BCUT2D eigenvalue weighted by Gasteiger charge is -2.26. The second kappa shape index (κ2) is 8.77. The van der Waals surface area contributed by atoms with E-state index in [4.69, 9.17) is 26.8 Å². The van der Waals surface area contributed by atoms with Crippen molar-refractivity contribution in [3.63, 3.8) is 0 Å². The Morgan fingerprint density at radius 2 is 1.85 bits per heavy atom. The number of primary amides is 1. The highest BCUT2D eigenvalue weighted by atomic mass is 35.5. The zero-order valence-corrected chi connectivity index (χ0v) is 16.5. The number of halogens is 1. The Balaban J connectivity index is 2.27. The van der Waals surface area contributed by atoms with Crippen molar-refractivity contribution < 1.29 is 19.1 Å². The van der Waals surface area contributed by atoms with Crippen LogP contribution < -0.4 is 15.2 Å². The minimum absolute atomic E-state index is 0.131. The van der Waals surface area contributed by atoms with Crippen LogP contribution in [0.15, 0.2) is 36.4 Å². The molecule has 2 rings (SSSR count). The molecule has 0 aliphatic carbocycles. The molecule has 0 aliphatic heterocycles. The molecular formula is C20H23ClN2O4. The number of ether oxygens (including phenoxy) is 2. The zero-order chi connectivity index (χ0) is 20.1. The first-order valence-corrected chi connectivity index (χ1v) is 8.74. The molecule has 1 unspecified atom stereocenters. The Morgan fingerprint density at radius 3 is 2.41 bits per heavy atom. The third-order valence-corrected chi connectivity index (χ3v) is 4.58. The minimum atomic E-state index is -0.639. The molecule has 2 N–H and O–H groups in total. The van der Waals surface area contributed by atoms with Crippen LogP contribution >= 0.6 is 11.6 Å². The van der Waals surface area contributed by atoms with Gasteiger partial charge in [0.05, 0.1) is 18.2 Å². The van der Waals surface area contributed by atoms with Gasteiger partial charge in [0.2, 0.25) is 0 Å². The Hall–Kier alpha value is -2.73. The van der Waals surface area contributed by atoms with Crippen molar-refractivity contribution in [3.05, 3.63) is 58.1 Å². The van der Waals surface area contributed by atoms with Gasteiger partial charge in [0.1, 0.15) is 0 Å². The van der Waals surface area contributed by atoms with E-state index in [9.17, 15) is 9.59 Å². The largest absolute Gasteiger partial charge is 0.493 e. The molecule has 6 nitrogen and oxygen atoms in total. The van der Waals surface area contributed by atoms with Crippen molar-refractivity contribution in [1.29, 1.82) is 0 Å². The molecule has 0 heterocycles. The SMILES string of the molecule is COc1cc(C(=O)N(C)C(C)c2ccc(C)cc2)cc(Cl)c1OCC(N)=O. The average Bonchev–Trinajstić information content (AvgIpc) is 2.65. The molecule has 0 saturated heterocycles. The van der Waals surface area contributed by atoms with Gasteiger partial charge in [0.25, 0.3) is 11.8 Å². The maximum atomic E-state index is 12.9. The van der Waals surface area contributed by atoms with Crippen molar-refractivity contribution >= 4 is 23.4 Å². The first kappa shape index (κ1) is 20.6. The molecule has 1 atom stereocenters. The second-order valence-electron chi connectivity index (χ2n) is 6.25. The lowest BCUT2D eigenvalue weighted by molar-refractivity contribution is -0.119. The highest BCUT2D eigenvalue weighted by Crippen LogP contribution is 2.37. The Kier molecular flexibility index (Phi) is 6.69. The predicted octanol–water partition coefficient (Wildman–Crippen LogP) is 3.35. The van der Waals surface area contributed by atoms with Crippen LogP contribution in [-0.2, 0) is 4.79 Å². The van der Waals surface area contributed by atoms with Gasteiger partial charge in [0, 0.05) is 12.6 Å². The van der Waals surface area contributed by atoms with Crippen molar-refractivity contribution in [2.45, 2.75) is 19.9 Å². The van der Waals surface area contributed by atoms with Crippen molar-refractivity contribution in [2.24, 2.45) is 5.73 Å². The van der Waals surface area contributed by atoms with E-state index >= 15 is 0 Å². The Labute approximate surface area is 163 Å². The van der Waals surface area contributed by atoms with Crippen molar-refractivity contribution in [1.82, 2.24) is 4.90 Å². The van der Waals surface area contributed by atoms with Crippen molar-refractivity contribution in [2.75, 3.05) is 20.8 Å². The number of benzene rings is 2. The van der Waals surface area contributed by atoms with E-state index in [0.717, 1.165) is 11.1 Å². The summed E-state index contributed by atoms with van der Waals surface area (Å²) >= 11 is 6.23. The fourth-order valence-corrected chi connectivity index (χ4v) is 2.84. The van der Waals surface area contributed by atoms with Crippen LogP contribution in [0.1, 0.15) is 34.5 Å². The fraction of sp³-hybridized carbons (Fsp3) is 0.300. The Morgan fingerprint density at radius 1 is 1.22 bits per heavy atom. The summed E-state index contributed by atoms with van der Waals surface area (Å²) in [5.41, 5.74) is 7.62. The van der Waals surface area contributed by atoms with Crippen LogP contribution in [0, 0.1) is 6.92 Å². The van der Waals surface area contributed by atoms with Gasteiger partial charge < -0.3 is 20.1 Å². The number of carbonyl (C=O) groups excluding carboxylic acids is 2. The summed E-state index contributed by atoms with van der Waals surface area (Å²) in [7, 11) is 3.15. The number of nitrogens with two attached hydrogens (primary N) is 1. The molecule has 27 heavy (non-hydrogen) atoms. The van der Waals surface area contributed by atoms with Crippen LogP contribution in [-0.4, -0.2) is 37.5 Å². The number of hydrogen-bond acceptors (Lipinski definition) is 4. The molecule has 0 saturated carbocycles. The summed E-state index contributed by atoms with van der Waals surface area (Å²) in [6, 6.07) is 10.9. The number of methoxy groups -OCH3 is 1. The van der Waals surface area contributed by atoms with E-state index < -0.39 is 5.91 Å².